The van der Waals surface area contributed by atoms with Gasteiger partial charge in [-0.1, -0.05) is 0 Å². The second-order valence-corrected chi connectivity index (χ2v) is 5.98. The smallest absolute Gasteiger partial charge is 0.409 e. The molecule has 1 aliphatic carbocycles. The first-order valence-corrected chi connectivity index (χ1v) is 7.69. The Kier molecular flexibility index (Phi) is 4.04. The standard InChI is InChI=1S/C16H20F2N2O2/c1-2-22-15(21)20-8-5-12(10-20)19-16(6-7-16)13-9-11(17)3-4-14(13)18/h3-4,9,12,19H,2,5-8,10H2,1H3. The summed E-state index contributed by atoms with van der Waals surface area (Å²) in [5.74, 6) is -0.810. The molecule has 120 valence electrons. The number of ether oxygens (including phenoxy) is 1. The summed E-state index contributed by atoms with van der Waals surface area (Å²) in [5, 5.41) is 3.42. The van der Waals surface area contributed by atoms with Crippen LogP contribution < -0.4 is 5.32 Å². The van der Waals surface area contributed by atoms with Crippen LogP contribution >= 0.6 is 0 Å². The van der Waals surface area contributed by atoms with Crippen molar-refractivity contribution in [3.8, 4) is 0 Å². The molecular weight excluding hydrogens is 290 g/mol. The van der Waals surface area contributed by atoms with Gasteiger partial charge in [0.25, 0.3) is 0 Å². The summed E-state index contributed by atoms with van der Waals surface area (Å²) in [6.45, 7) is 3.29. The Labute approximate surface area is 128 Å². The largest absolute Gasteiger partial charge is 0.450 e. The predicted molar refractivity (Wildman–Crippen MR) is 77.4 cm³/mol. The first-order valence-electron chi connectivity index (χ1n) is 7.69. The molecule has 3 rings (SSSR count). The Morgan fingerprint density at radius 2 is 2.23 bits per heavy atom. The molecule has 1 N–H and O–H groups in total. The molecular formula is C16H20F2N2O2. The molecule has 1 unspecified atom stereocenters. The number of rotatable bonds is 4. The minimum Gasteiger partial charge on any atom is -0.450 e. The third kappa shape index (κ3) is 2.92. The zero-order chi connectivity index (χ0) is 15.7. The van der Waals surface area contributed by atoms with E-state index in [4.69, 9.17) is 4.74 Å². The van der Waals surface area contributed by atoms with Crippen molar-refractivity contribution in [2.45, 2.75) is 37.8 Å². The van der Waals surface area contributed by atoms with E-state index in [-0.39, 0.29) is 18.0 Å². The number of nitrogens with one attached hydrogen (secondary N) is 1. The van der Waals surface area contributed by atoms with E-state index < -0.39 is 11.4 Å². The van der Waals surface area contributed by atoms with E-state index in [1.54, 1.807) is 11.8 Å². The van der Waals surface area contributed by atoms with E-state index in [1.807, 2.05) is 0 Å². The van der Waals surface area contributed by atoms with Crippen LogP contribution in [0.5, 0.6) is 0 Å². The molecule has 1 amide bonds. The molecule has 4 nitrogen and oxygen atoms in total. The normalized spacial score (nSPS) is 22.7. The van der Waals surface area contributed by atoms with Crippen molar-refractivity contribution in [3.63, 3.8) is 0 Å². The average molecular weight is 310 g/mol. The molecule has 1 aromatic carbocycles. The van der Waals surface area contributed by atoms with Gasteiger partial charge in [-0.05, 0) is 44.4 Å². The average Bonchev–Trinajstić information content (AvgIpc) is 3.11. The van der Waals surface area contributed by atoms with Gasteiger partial charge in [0.2, 0.25) is 0 Å². The number of hydrogen-bond donors (Lipinski definition) is 1. The summed E-state index contributed by atoms with van der Waals surface area (Å²) in [7, 11) is 0. The molecule has 1 aromatic rings. The van der Waals surface area contributed by atoms with Crippen molar-refractivity contribution in [1.82, 2.24) is 10.2 Å². The number of likely N-dealkylation sites (tertiary alicyclic amines) is 1. The summed E-state index contributed by atoms with van der Waals surface area (Å²) in [5.41, 5.74) is -0.0938. The lowest BCUT2D eigenvalue weighted by Crippen LogP contribution is -2.41. The fourth-order valence-corrected chi connectivity index (χ4v) is 3.13. The fraction of sp³-hybridized carbons (Fsp3) is 0.562. The molecule has 22 heavy (non-hydrogen) atoms. The zero-order valence-electron chi connectivity index (χ0n) is 12.6. The van der Waals surface area contributed by atoms with E-state index in [9.17, 15) is 13.6 Å². The maximum absolute atomic E-state index is 14.0. The number of carbonyl (C=O) groups excluding carboxylic acids is 1. The molecule has 2 aliphatic rings. The molecule has 1 aliphatic heterocycles. The highest BCUT2D eigenvalue weighted by atomic mass is 19.1. The Hall–Kier alpha value is -1.69. The minimum absolute atomic E-state index is 0.0783. The van der Waals surface area contributed by atoms with Crippen LogP contribution in [0.3, 0.4) is 0 Å². The molecule has 6 heteroatoms. The summed E-state index contributed by atoms with van der Waals surface area (Å²) < 4.78 is 32.4. The van der Waals surface area contributed by atoms with Crippen molar-refractivity contribution in [2.75, 3.05) is 19.7 Å². The third-order valence-corrected chi connectivity index (χ3v) is 4.39. The minimum atomic E-state index is -0.485. The summed E-state index contributed by atoms with van der Waals surface area (Å²) in [4.78, 5) is 13.4. The van der Waals surface area contributed by atoms with Gasteiger partial charge < -0.3 is 15.0 Å². The second-order valence-electron chi connectivity index (χ2n) is 5.98. The van der Waals surface area contributed by atoms with Gasteiger partial charge in [-0.15, -0.1) is 0 Å². The predicted octanol–water partition coefficient (Wildman–Crippen LogP) is 2.77. The molecule has 1 saturated carbocycles. The second kappa shape index (κ2) is 5.83. The lowest BCUT2D eigenvalue weighted by atomic mass is 10.0. The molecule has 0 bridgehead atoms. The van der Waals surface area contributed by atoms with Crippen molar-refractivity contribution in [3.05, 3.63) is 35.4 Å². The van der Waals surface area contributed by atoms with Crippen molar-refractivity contribution >= 4 is 6.09 Å². The van der Waals surface area contributed by atoms with Crippen LogP contribution in [0.25, 0.3) is 0 Å². The summed E-state index contributed by atoms with van der Waals surface area (Å²) >= 11 is 0. The van der Waals surface area contributed by atoms with Gasteiger partial charge >= 0.3 is 6.09 Å². The van der Waals surface area contributed by atoms with Crippen molar-refractivity contribution in [1.29, 1.82) is 0 Å². The number of halogens is 2. The van der Waals surface area contributed by atoms with Crippen LogP contribution in [0.15, 0.2) is 18.2 Å². The SMILES string of the molecule is CCOC(=O)N1CCC(NC2(c3cc(F)ccc3F)CC2)C1. The van der Waals surface area contributed by atoms with Crippen LogP contribution in [0, 0.1) is 11.6 Å². The van der Waals surface area contributed by atoms with Crippen LogP contribution in [0.2, 0.25) is 0 Å². The topological polar surface area (TPSA) is 41.6 Å². The van der Waals surface area contributed by atoms with Crippen LogP contribution in [0.1, 0.15) is 31.7 Å². The molecule has 0 aromatic heterocycles. The molecule has 2 fully saturated rings. The summed E-state index contributed by atoms with van der Waals surface area (Å²) in [6.07, 6.45) is 2.04. The zero-order valence-corrected chi connectivity index (χ0v) is 12.6. The highest BCUT2D eigenvalue weighted by Crippen LogP contribution is 2.47. The van der Waals surface area contributed by atoms with E-state index in [0.717, 1.165) is 25.3 Å². The van der Waals surface area contributed by atoms with Gasteiger partial charge in [0.15, 0.2) is 0 Å². The van der Waals surface area contributed by atoms with Gasteiger partial charge in [-0.3, -0.25) is 0 Å². The maximum Gasteiger partial charge on any atom is 0.409 e. The third-order valence-electron chi connectivity index (χ3n) is 4.39. The van der Waals surface area contributed by atoms with Gasteiger partial charge in [0, 0.05) is 30.2 Å². The van der Waals surface area contributed by atoms with Gasteiger partial charge in [-0.2, -0.15) is 0 Å². The Morgan fingerprint density at radius 1 is 1.45 bits per heavy atom. The van der Waals surface area contributed by atoms with Crippen LogP contribution in [-0.2, 0) is 10.3 Å². The van der Waals surface area contributed by atoms with E-state index in [1.165, 1.54) is 12.1 Å². The number of benzene rings is 1. The number of amides is 1. The number of carbonyl (C=O) groups is 1. The molecule has 0 radical (unpaired) electrons. The lowest BCUT2D eigenvalue weighted by Gasteiger charge is -2.24. The molecule has 1 saturated heterocycles. The van der Waals surface area contributed by atoms with Gasteiger partial charge in [-0.25, -0.2) is 13.6 Å². The molecule has 1 atom stereocenters. The first kappa shape index (κ1) is 15.2. The molecule has 1 heterocycles. The highest BCUT2D eigenvalue weighted by molar-refractivity contribution is 5.68. The number of nitrogens with zero attached hydrogens (tertiary/aromatic N) is 1. The highest BCUT2D eigenvalue weighted by Gasteiger charge is 2.48. The number of hydrogen-bond acceptors (Lipinski definition) is 3. The lowest BCUT2D eigenvalue weighted by molar-refractivity contribution is 0.114. The Balaban J connectivity index is 1.66. The van der Waals surface area contributed by atoms with Crippen LogP contribution in [-0.4, -0.2) is 36.7 Å². The monoisotopic (exact) mass is 310 g/mol. The van der Waals surface area contributed by atoms with Crippen LogP contribution in [0.4, 0.5) is 13.6 Å². The quantitative estimate of drug-likeness (QED) is 0.930. The Morgan fingerprint density at radius 3 is 2.91 bits per heavy atom. The van der Waals surface area contributed by atoms with Crippen molar-refractivity contribution in [2.24, 2.45) is 0 Å². The molecule has 0 spiro atoms. The first-order chi connectivity index (χ1) is 10.5. The van der Waals surface area contributed by atoms with Gasteiger partial charge in [0.05, 0.1) is 6.61 Å². The maximum atomic E-state index is 14.0. The van der Waals surface area contributed by atoms with E-state index in [2.05, 4.69) is 5.32 Å². The van der Waals surface area contributed by atoms with Crippen molar-refractivity contribution < 1.29 is 18.3 Å². The van der Waals surface area contributed by atoms with Gasteiger partial charge in [0.1, 0.15) is 11.6 Å². The Bertz CT molecular complexity index is 575. The fourth-order valence-electron chi connectivity index (χ4n) is 3.13. The summed E-state index contributed by atoms with van der Waals surface area (Å²) in [6, 6.07) is 3.65. The van der Waals surface area contributed by atoms with E-state index >= 15 is 0 Å². The van der Waals surface area contributed by atoms with E-state index in [0.29, 0.717) is 25.3 Å².